The Bertz CT molecular complexity index is 488. The molecule has 0 saturated carbocycles. The van der Waals surface area contributed by atoms with E-state index < -0.39 is 0 Å². The molecule has 0 saturated heterocycles. The number of hydrogen-bond acceptors (Lipinski definition) is 3. The number of pyridine rings is 1. The van der Waals surface area contributed by atoms with Gasteiger partial charge in [0.2, 0.25) is 0 Å². The third kappa shape index (κ3) is 9.30. The van der Waals surface area contributed by atoms with Crippen molar-refractivity contribution in [2.24, 2.45) is 10.9 Å². The lowest BCUT2D eigenvalue weighted by Crippen LogP contribution is -2.42. The van der Waals surface area contributed by atoms with E-state index in [0.717, 1.165) is 36.2 Å². The molecule has 1 atom stereocenters. The molecule has 5 nitrogen and oxygen atoms in total. The van der Waals surface area contributed by atoms with Gasteiger partial charge < -0.3 is 15.5 Å². The summed E-state index contributed by atoms with van der Waals surface area (Å²) in [4.78, 5) is 11.0. The molecule has 0 spiro atoms. The van der Waals surface area contributed by atoms with Gasteiger partial charge in [0.1, 0.15) is 5.82 Å². The summed E-state index contributed by atoms with van der Waals surface area (Å²) in [6.07, 6.45) is 4.22. The number of halogens is 1. The first-order chi connectivity index (χ1) is 10.9. The first-order valence-electron chi connectivity index (χ1n) is 8.59. The lowest BCUT2D eigenvalue weighted by molar-refractivity contribution is 0.489. The van der Waals surface area contributed by atoms with Crippen molar-refractivity contribution in [1.29, 1.82) is 0 Å². The molecule has 1 unspecified atom stereocenters. The summed E-state index contributed by atoms with van der Waals surface area (Å²) >= 11 is 0. The summed E-state index contributed by atoms with van der Waals surface area (Å²) in [6, 6.07) is 4.52. The third-order valence-electron chi connectivity index (χ3n) is 3.59. The number of nitrogens with one attached hydrogen (secondary N) is 2. The predicted molar refractivity (Wildman–Crippen MR) is 115 cm³/mol. The molecule has 0 aliphatic rings. The van der Waals surface area contributed by atoms with Crippen LogP contribution in [0.2, 0.25) is 0 Å². The van der Waals surface area contributed by atoms with Crippen LogP contribution in [0.3, 0.4) is 0 Å². The minimum absolute atomic E-state index is 0. The van der Waals surface area contributed by atoms with Crippen LogP contribution in [0.1, 0.15) is 46.1 Å². The molecule has 0 radical (unpaired) electrons. The Kier molecular flexibility index (Phi) is 11.8. The van der Waals surface area contributed by atoms with Gasteiger partial charge in [0.15, 0.2) is 5.96 Å². The molecule has 138 valence electrons. The van der Waals surface area contributed by atoms with Gasteiger partial charge in [0, 0.05) is 32.9 Å². The van der Waals surface area contributed by atoms with Crippen LogP contribution in [0.15, 0.2) is 23.3 Å². The van der Waals surface area contributed by atoms with Crippen LogP contribution in [-0.2, 0) is 6.54 Å². The Hall–Kier alpha value is -1.05. The fraction of sp³-hybridized carbons (Fsp3) is 0.667. The summed E-state index contributed by atoms with van der Waals surface area (Å²) in [7, 11) is 3.99. The Morgan fingerprint density at radius 1 is 1.25 bits per heavy atom. The van der Waals surface area contributed by atoms with Crippen LogP contribution in [0, 0.1) is 5.92 Å². The highest BCUT2D eigenvalue weighted by atomic mass is 127. The number of aliphatic imine (C=N–C) groups is 1. The van der Waals surface area contributed by atoms with Gasteiger partial charge in [-0.3, -0.25) is 0 Å². The molecule has 0 aliphatic carbocycles. The van der Waals surface area contributed by atoms with Crippen molar-refractivity contribution >= 4 is 35.8 Å². The van der Waals surface area contributed by atoms with Gasteiger partial charge in [-0.15, -0.1) is 24.0 Å². The molecule has 0 aromatic carbocycles. The average Bonchev–Trinajstić information content (AvgIpc) is 2.51. The number of rotatable bonds is 8. The third-order valence-corrected chi connectivity index (χ3v) is 3.59. The van der Waals surface area contributed by atoms with E-state index in [1.54, 1.807) is 0 Å². The van der Waals surface area contributed by atoms with E-state index in [1.807, 2.05) is 31.3 Å². The number of guanidine groups is 1. The Balaban J connectivity index is 0.00000529. The summed E-state index contributed by atoms with van der Waals surface area (Å²) in [5.74, 6) is 2.58. The summed E-state index contributed by atoms with van der Waals surface area (Å²) < 4.78 is 0. The Morgan fingerprint density at radius 2 is 1.96 bits per heavy atom. The average molecular weight is 447 g/mol. The zero-order valence-corrected chi connectivity index (χ0v) is 18.3. The van der Waals surface area contributed by atoms with Gasteiger partial charge >= 0.3 is 0 Å². The van der Waals surface area contributed by atoms with Crippen LogP contribution < -0.4 is 15.5 Å². The lowest BCUT2D eigenvalue weighted by atomic mass is 10.0. The van der Waals surface area contributed by atoms with Gasteiger partial charge in [-0.05, 0) is 50.3 Å². The molecule has 0 amide bonds. The van der Waals surface area contributed by atoms with Crippen molar-refractivity contribution in [1.82, 2.24) is 15.6 Å². The van der Waals surface area contributed by atoms with Crippen molar-refractivity contribution in [3.63, 3.8) is 0 Å². The number of anilines is 1. The highest BCUT2D eigenvalue weighted by Crippen LogP contribution is 2.10. The summed E-state index contributed by atoms with van der Waals surface area (Å²) in [5.41, 5.74) is 1.16. The highest BCUT2D eigenvalue weighted by molar-refractivity contribution is 14.0. The molecule has 24 heavy (non-hydrogen) atoms. The number of aromatic nitrogens is 1. The fourth-order valence-corrected chi connectivity index (χ4v) is 2.18. The quantitative estimate of drug-likeness (QED) is 0.363. The van der Waals surface area contributed by atoms with E-state index in [0.29, 0.717) is 12.6 Å². The van der Waals surface area contributed by atoms with Crippen molar-refractivity contribution in [2.75, 3.05) is 25.5 Å². The molecule has 2 N–H and O–H groups in total. The van der Waals surface area contributed by atoms with E-state index in [4.69, 9.17) is 4.99 Å². The van der Waals surface area contributed by atoms with Gasteiger partial charge in [-0.1, -0.05) is 13.8 Å². The molecular formula is C18H34IN5. The summed E-state index contributed by atoms with van der Waals surface area (Å²) in [5, 5.41) is 6.82. The van der Waals surface area contributed by atoms with Gasteiger partial charge in [-0.2, -0.15) is 0 Å². The number of nitrogens with zero attached hydrogens (tertiary/aromatic N) is 3. The fourth-order valence-electron chi connectivity index (χ4n) is 2.18. The maximum absolute atomic E-state index is 4.70. The van der Waals surface area contributed by atoms with Crippen molar-refractivity contribution in [2.45, 2.75) is 53.1 Å². The van der Waals surface area contributed by atoms with E-state index in [9.17, 15) is 0 Å². The molecule has 0 fully saturated rings. The van der Waals surface area contributed by atoms with Crippen molar-refractivity contribution in [3.05, 3.63) is 23.9 Å². The van der Waals surface area contributed by atoms with E-state index in [2.05, 4.69) is 49.4 Å². The van der Waals surface area contributed by atoms with E-state index in [1.165, 1.54) is 6.42 Å². The largest absolute Gasteiger partial charge is 0.363 e. The smallest absolute Gasteiger partial charge is 0.191 e. The molecule has 1 aromatic rings. The van der Waals surface area contributed by atoms with Crippen molar-refractivity contribution in [3.8, 4) is 0 Å². The highest BCUT2D eigenvalue weighted by Gasteiger charge is 2.06. The standard InChI is InChI=1S/C18H33N5.HI/c1-7-19-18(22-15(4)9-8-14(2)3)21-13-16-10-11-20-17(12-16)23(5)6;/h10-12,14-15H,7-9,13H2,1-6H3,(H2,19,21,22);1H. The first-order valence-corrected chi connectivity index (χ1v) is 8.59. The maximum Gasteiger partial charge on any atom is 0.191 e. The molecule has 1 aromatic heterocycles. The minimum Gasteiger partial charge on any atom is -0.363 e. The summed E-state index contributed by atoms with van der Waals surface area (Å²) in [6.45, 7) is 10.3. The molecule has 0 bridgehead atoms. The molecule has 1 rings (SSSR count). The normalized spacial score (nSPS) is 12.5. The van der Waals surface area contributed by atoms with E-state index in [-0.39, 0.29) is 24.0 Å². The lowest BCUT2D eigenvalue weighted by Gasteiger charge is -2.18. The van der Waals surface area contributed by atoms with Crippen LogP contribution in [-0.4, -0.2) is 37.6 Å². The zero-order chi connectivity index (χ0) is 17.2. The van der Waals surface area contributed by atoms with Gasteiger partial charge in [-0.25, -0.2) is 9.98 Å². The van der Waals surface area contributed by atoms with Crippen molar-refractivity contribution < 1.29 is 0 Å². The topological polar surface area (TPSA) is 52.6 Å². The predicted octanol–water partition coefficient (Wildman–Crippen LogP) is 3.65. The Morgan fingerprint density at radius 3 is 2.54 bits per heavy atom. The second-order valence-electron chi connectivity index (χ2n) is 6.63. The first kappa shape index (κ1) is 22.9. The van der Waals surface area contributed by atoms with Crippen LogP contribution >= 0.6 is 24.0 Å². The minimum atomic E-state index is 0. The maximum atomic E-state index is 4.70. The van der Waals surface area contributed by atoms with E-state index >= 15 is 0 Å². The molecule has 6 heteroatoms. The Labute approximate surface area is 164 Å². The monoisotopic (exact) mass is 447 g/mol. The molecular weight excluding hydrogens is 413 g/mol. The van der Waals surface area contributed by atoms with Crippen LogP contribution in [0.4, 0.5) is 5.82 Å². The second kappa shape index (κ2) is 12.3. The van der Waals surface area contributed by atoms with Crippen LogP contribution in [0.5, 0.6) is 0 Å². The molecule has 0 aliphatic heterocycles. The second-order valence-corrected chi connectivity index (χ2v) is 6.63. The molecule has 1 heterocycles. The zero-order valence-electron chi connectivity index (χ0n) is 16.0. The van der Waals surface area contributed by atoms with Crippen LogP contribution in [0.25, 0.3) is 0 Å². The van der Waals surface area contributed by atoms with Gasteiger partial charge in [0.05, 0.1) is 6.54 Å². The van der Waals surface area contributed by atoms with Gasteiger partial charge in [0.25, 0.3) is 0 Å². The number of hydrogen-bond donors (Lipinski definition) is 2. The SMILES string of the molecule is CCNC(=NCc1ccnc(N(C)C)c1)NC(C)CCC(C)C.I.